The van der Waals surface area contributed by atoms with E-state index in [1.807, 2.05) is 0 Å². The van der Waals surface area contributed by atoms with Crippen molar-refractivity contribution in [3.8, 4) is 0 Å². The van der Waals surface area contributed by atoms with Gasteiger partial charge >= 0.3 is 17.9 Å². The molecule has 0 amide bonds. The molecule has 0 saturated carbocycles. The van der Waals surface area contributed by atoms with E-state index in [2.05, 4.69) is 93.7 Å². The summed E-state index contributed by atoms with van der Waals surface area (Å²) >= 11 is 0. The number of carbonyl (C=O) groups is 3. The van der Waals surface area contributed by atoms with Gasteiger partial charge in [0.25, 0.3) is 0 Å². The lowest BCUT2D eigenvalue weighted by Gasteiger charge is -2.18. The molecular weight excluding hydrogens is 721 g/mol. The Hall–Kier alpha value is -3.15. The molecule has 0 rings (SSSR count). The highest BCUT2D eigenvalue weighted by atomic mass is 16.6. The Bertz CT molecular complexity index is 1110. The predicted molar refractivity (Wildman–Crippen MR) is 247 cm³/mol. The van der Waals surface area contributed by atoms with Gasteiger partial charge in [0.1, 0.15) is 13.2 Å². The molecule has 6 nitrogen and oxygen atoms in total. The van der Waals surface area contributed by atoms with Crippen molar-refractivity contribution in [3.05, 3.63) is 72.9 Å². The molecule has 0 aliphatic heterocycles. The zero-order valence-corrected chi connectivity index (χ0v) is 37.8. The van der Waals surface area contributed by atoms with Crippen molar-refractivity contribution in [1.82, 2.24) is 0 Å². The van der Waals surface area contributed by atoms with Gasteiger partial charge < -0.3 is 14.2 Å². The number of rotatable bonds is 42. The second-order valence-electron chi connectivity index (χ2n) is 15.6. The highest BCUT2D eigenvalue weighted by molar-refractivity contribution is 5.71. The first-order valence-corrected chi connectivity index (χ1v) is 23.9. The van der Waals surface area contributed by atoms with E-state index in [0.29, 0.717) is 19.3 Å². The van der Waals surface area contributed by atoms with Crippen LogP contribution in [0.25, 0.3) is 0 Å². The topological polar surface area (TPSA) is 78.9 Å². The van der Waals surface area contributed by atoms with Crippen molar-refractivity contribution in [2.24, 2.45) is 0 Å². The lowest BCUT2D eigenvalue weighted by atomic mass is 10.0. The lowest BCUT2D eigenvalue weighted by molar-refractivity contribution is -0.167. The zero-order chi connectivity index (χ0) is 42.3. The molecule has 0 radical (unpaired) electrons. The molecule has 332 valence electrons. The SMILES string of the molecule is CC/C=C\C/C=C\CCCCC(=O)OCC(COC(=O)CCC/C=C\C/C=C\C/C=C\C/C=C\CCCCC)OC(=O)CCCCCCCCCCCCCCCC. The highest BCUT2D eigenvalue weighted by Gasteiger charge is 2.19. The first kappa shape index (κ1) is 54.9. The van der Waals surface area contributed by atoms with E-state index in [0.717, 1.165) is 77.0 Å². The number of hydrogen-bond acceptors (Lipinski definition) is 6. The van der Waals surface area contributed by atoms with Crippen LogP contribution in [0.2, 0.25) is 0 Å². The minimum absolute atomic E-state index is 0.109. The van der Waals surface area contributed by atoms with Crippen LogP contribution in [0.5, 0.6) is 0 Å². The Morgan fingerprint density at radius 2 is 0.690 bits per heavy atom. The van der Waals surface area contributed by atoms with Gasteiger partial charge in [0.15, 0.2) is 6.10 Å². The van der Waals surface area contributed by atoms with Crippen molar-refractivity contribution in [2.45, 2.75) is 226 Å². The van der Waals surface area contributed by atoms with Crippen LogP contribution in [-0.2, 0) is 28.6 Å². The molecule has 0 fully saturated rings. The fourth-order valence-corrected chi connectivity index (χ4v) is 6.35. The van der Waals surface area contributed by atoms with Crippen LogP contribution < -0.4 is 0 Å². The van der Waals surface area contributed by atoms with Crippen molar-refractivity contribution in [1.29, 1.82) is 0 Å². The van der Waals surface area contributed by atoms with E-state index < -0.39 is 6.10 Å². The maximum Gasteiger partial charge on any atom is 0.306 e. The molecule has 0 aromatic heterocycles. The Morgan fingerprint density at radius 3 is 1.16 bits per heavy atom. The smallest absolute Gasteiger partial charge is 0.306 e. The average molecular weight is 809 g/mol. The fourth-order valence-electron chi connectivity index (χ4n) is 6.35. The summed E-state index contributed by atoms with van der Waals surface area (Å²) in [6.45, 7) is 6.40. The minimum Gasteiger partial charge on any atom is -0.462 e. The van der Waals surface area contributed by atoms with Gasteiger partial charge in [-0.05, 0) is 83.5 Å². The van der Waals surface area contributed by atoms with Gasteiger partial charge in [-0.15, -0.1) is 0 Å². The first-order valence-electron chi connectivity index (χ1n) is 23.9. The molecule has 0 bridgehead atoms. The molecule has 1 unspecified atom stereocenters. The molecule has 0 aromatic carbocycles. The second kappa shape index (κ2) is 46.5. The standard InChI is InChI=1S/C52H88O6/c1-4-7-10-13-16-19-21-23-25-26-27-29-30-33-36-39-42-45-51(54)57-48-49(47-56-50(53)44-41-38-35-32-18-15-12-9-6-3)58-52(55)46-43-40-37-34-31-28-24-22-20-17-14-11-8-5-2/h9,12,16,18-19,23,25,27,29,32-33,36,49H,4-8,10-11,13-15,17,20-22,24,26,28,30-31,34-35,37-48H2,1-3H3/b12-9-,19-16-,25-23-,29-27-,32-18-,36-33-. The molecule has 0 aromatic rings. The van der Waals surface area contributed by atoms with Crippen LogP contribution in [0, 0.1) is 0 Å². The summed E-state index contributed by atoms with van der Waals surface area (Å²) < 4.78 is 16.6. The van der Waals surface area contributed by atoms with E-state index in [4.69, 9.17) is 14.2 Å². The van der Waals surface area contributed by atoms with Crippen LogP contribution in [0.4, 0.5) is 0 Å². The molecular formula is C52H88O6. The Balaban J connectivity index is 4.45. The molecule has 1 atom stereocenters. The first-order chi connectivity index (χ1) is 28.5. The van der Waals surface area contributed by atoms with Crippen LogP contribution in [0.3, 0.4) is 0 Å². The van der Waals surface area contributed by atoms with Crippen LogP contribution in [-0.4, -0.2) is 37.2 Å². The van der Waals surface area contributed by atoms with Crippen molar-refractivity contribution >= 4 is 17.9 Å². The molecule has 0 N–H and O–H groups in total. The average Bonchev–Trinajstić information content (AvgIpc) is 3.22. The van der Waals surface area contributed by atoms with Crippen LogP contribution in [0.1, 0.15) is 220 Å². The third kappa shape index (κ3) is 44.0. The summed E-state index contributed by atoms with van der Waals surface area (Å²) in [7, 11) is 0. The van der Waals surface area contributed by atoms with E-state index in [1.165, 1.54) is 96.3 Å². The Labute approximate surface area is 357 Å². The van der Waals surface area contributed by atoms with Crippen LogP contribution >= 0.6 is 0 Å². The summed E-state index contributed by atoms with van der Waals surface area (Å²) in [6.07, 6.45) is 57.6. The van der Waals surface area contributed by atoms with Gasteiger partial charge in [-0.25, -0.2) is 0 Å². The summed E-state index contributed by atoms with van der Waals surface area (Å²) in [5.74, 6) is -1.00. The van der Waals surface area contributed by atoms with Gasteiger partial charge in [0.2, 0.25) is 0 Å². The third-order valence-electron chi connectivity index (χ3n) is 9.95. The monoisotopic (exact) mass is 809 g/mol. The third-order valence-corrected chi connectivity index (χ3v) is 9.95. The minimum atomic E-state index is -0.806. The van der Waals surface area contributed by atoms with E-state index in [9.17, 15) is 14.4 Å². The molecule has 58 heavy (non-hydrogen) atoms. The summed E-state index contributed by atoms with van der Waals surface area (Å²) in [5.41, 5.74) is 0. The maximum atomic E-state index is 12.7. The van der Waals surface area contributed by atoms with Gasteiger partial charge in [-0.1, -0.05) is 190 Å². The van der Waals surface area contributed by atoms with Gasteiger partial charge in [0, 0.05) is 19.3 Å². The Kier molecular flexibility index (Phi) is 44.0. The number of esters is 3. The summed E-state index contributed by atoms with van der Waals surface area (Å²) in [6, 6.07) is 0. The predicted octanol–water partition coefficient (Wildman–Crippen LogP) is 15.5. The number of unbranched alkanes of at least 4 members (excludes halogenated alkanes) is 19. The van der Waals surface area contributed by atoms with Gasteiger partial charge in [-0.2, -0.15) is 0 Å². The maximum absolute atomic E-state index is 12.7. The van der Waals surface area contributed by atoms with Crippen molar-refractivity contribution in [3.63, 3.8) is 0 Å². The summed E-state index contributed by atoms with van der Waals surface area (Å²) in [4.78, 5) is 37.7. The molecule has 0 spiro atoms. The van der Waals surface area contributed by atoms with Crippen molar-refractivity contribution in [2.75, 3.05) is 13.2 Å². The van der Waals surface area contributed by atoms with Crippen molar-refractivity contribution < 1.29 is 28.6 Å². The molecule has 0 heterocycles. The number of hydrogen-bond donors (Lipinski definition) is 0. The largest absolute Gasteiger partial charge is 0.462 e. The molecule has 0 aliphatic carbocycles. The number of carbonyl (C=O) groups excluding carboxylic acids is 3. The van der Waals surface area contributed by atoms with Gasteiger partial charge in [0.05, 0.1) is 0 Å². The van der Waals surface area contributed by atoms with E-state index in [-0.39, 0.29) is 37.5 Å². The Morgan fingerprint density at radius 1 is 0.362 bits per heavy atom. The lowest BCUT2D eigenvalue weighted by Crippen LogP contribution is -2.30. The zero-order valence-electron chi connectivity index (χ0n) is 37.8. The number of ether oxygens (including phenoxy) is 3. The normalized spacial score (nSPS) is 12.7. The fraction of sp³-hybridized carbons (Fsp3) is 0.712. The van der Waals surface area contributed by atoms with Crippen LogP contribution in [0.15, 0.2) is 72.9 Å². The van der Waals surface area contributed by atoms with Gasteiger partial charge in [-0.3, -0.25) is 14.4 Å². The molecule has 6 heteroatoms. The number of allylic oxidation sites excluding steroid dienone is 12. The van der Waals surface area contributed by atoms with E-state index in [1.54, 1.807) is 0 Å². The van der Waals surface area contributed by atoms with E-state index >= 15 is 0 Å². The second-order valence-corrected chi connectivity index (χ2v) is 15.6. The quantitative estimate of drug-likeness (QED) is 0.0264. The highest BCUT2D eigenvalue weighted by Crippen LogP contribution is 2.14. The summed E-state index contributed by atoms with van der Waals surface area (Å²) in [5, 5.41) is 0. The molecule has 0 saturated heterocycles. The molecule has 0 aliphatic rings.